The van der Waals surface area contributed by atoms with E-state index in [0.717, 1.165) is 13.0 Å². The van der Waals surface area contributed by atoms with E-state index >= 15 is 0 Å². The maximum absolute atomic E-state index is 10.3. The fraction of sp³-hybridized carbons (Fsp3) is 0.600. The summed E-state index contributed by atoms with van der Waals surface area (Å²) in [6.45, 7) is 2.73. The van der Waals surface area contributed by atoms with Gasteiger partial charge in [-0.2, -0.15) is 5.10 Å². The molecule has 0 spiro atoms. The van der Waals surface area contributed by atoms with Gasteiger partial charge in [-0.1, -0.05) is 18.3 Å². The summed E-state index contributed by atoms with van der Waals surface area (Å²) in [5, 5.41) is 3.95. The summed E-state index contributed by atoms with van der Waals surface area (Å²) in [5.41, 5.74) is 1.60. The van der Waals surface area contributed by atoms with Crippen LogP contribution in [0.25, 0.3) is 0 Å². The van der Waals surface area contributed by atoms with Crippen molar-refractivity contribution in [2.45, 2.75) is 19.9 Å². The fourth-order valence-corrected chi connectivity index (χ4v) is 1.85. The summed E-state index contributed by atoms with van der Waals surface area (Å²) in [6.07, 6.45) is 0.926. The molecule has 12 heavy (non-hydrogen) atoms. The third-order valence-electron chi connectivity index (χ3n) is 1.16. The van der Waals surface area contributed by atoms with Crippen molar-refractivity contribution in [2.75, 3.05) is 0 Å². The molecule has 7 heteroatoms. The minimum Gasteiger partial charge on any atom is -0.288 e. The molecule has 0 aliphatic carbocycles. The molecule has 1 atom stereocenters. The molecule has 1 aromatic rings. The first kappa shape index (κ1) is 9.56. The summed E-state index contributed by atoms with van der Waals surface area (Å²) < 4.78 is 23.9. The van der Waals surface area contributed by atoms with Crippen LogP contribution in [0.5, 0.6) is 0 Å². The molecule has 5 nitrogen and oxygen atoms in total. The Balaban J connectivity index is 2.98. The lowest BCUT2D eigenvalue weighted by molar-refractivity contribution is 0.556. The van der Waals surface area contributed by atoms with Crippen molar-refractivity contribution in [1.29, 1.82) is 0 Å². The molecule has 0 radical (unpaired) electrons. The topological polar surface area (TPSA) is 67.5 Å². The zero-order chi connectivity index (χ0) is 8.97. The standard InChI is InChI=1S/C5H9N3O2S2/c1-2-3-8-5(7-12(9)10)11-4-6-8/h4H,2-3H2,1H3,(H,9,10). The Bertz CT molecular complexity index is 329. The van der Waals surface area contributed by atoms with E-state index in [1.807, 2.05) is 6.92 Å². The average Bonchev–Trinajstić information content (AvgIpc) is 2.37. The normalized spacial score (nSPS) is 15.0. The van der Waals surface area contributed by atoms with Gasteiger partial charge in [-0.05, 0) is 6.42 Å². The zero-order valence-electron chi connectivity index (χ0n) is 6.51. The van der Waals surface area contributed by atoms with E-state index in [4.69, 9.17) is 4.55 Å². The van der Waals surface area contributed by atoms with Crippen LogP contribution in [0, 0.1) is 0 Å². The molecular formula is C5H9N3O2S2. The molecule has 0 saturated heterocycles. The van der Waals surface area contributed by atoms with Crippen molar-refractivity contribution in [3.63, 3.8) is 0 Å². The van der Waals surface area contributed by atoms with Crippen molar-refractivity contribution < 1.29 is 8.76 Å². The van der Waals surface area contributed by atoms with Crippen molar-refractivity contribution in [3.05, 3.63) is 10.3 Å². The molecule has 1 aromatic heterocycles. The first-order valence-electron chi connectivity index (χ1n) is 3.40. The van der Waals surface area contributed by atoms with Gasteiger partial charge in [0.1, 0.15) is 5.51 Å². The number of hydrogen-bond donors (Lipinski definition) is 1. The Labute approximate surface area is 76.2 Å². The molecule has 0 fully saturated rings. The van der Waals surface area contributed by atoms with Crippen molar-refractivity contribution in [2.24, 2.45) is 4.40 Å². The van der Waals surface area contributed by atoms with Crippen molar-refractivity contribution in [3.8, 4) is 0 Å². The SMILES string of the molecule is CCCn1ncsc1=NS(=O)O. The highest BCUT2D eigenvalue weighted by atomic mass is 32.2. The van der Waals surface area contributed by atoms with E-state index < -0.39 is 11.3 Å². The minimum atomic E-state index is -2.13. The largest absolute Gasteiger partial charge is 0.288 e. The van der Waals surface area contributed by atoms with Crippen LogP contribution in [0.4, 0.5) is 0 Å². The monoisotopic (exact) mass is 207 g/mol. The molecule has 0 aromatic carbocycles. The van der Waals surface area contributed by atoms with Crippen LogP contribution in [-0.4, -0.2) is 18.5 Å². The number of nitrogens with zero attached hydrogens (tertiary/aromatic N) is 3. The Morgan fingerprint density at radius 2 is 2.67 bits per heavy atom. The van der Waals surface area contributed by atoms with Crippen molar-refractivity contribution >= 4 is 22.6 Å². The van der Waals surface area contributed by atoms with E-state index in [0.29, 0.717) is 4.80 Å². The number of hydrogen-bond acceptors (Lipinski definition) is 3. The van der Waals surface area contributed by atoms with E-state index in [2.05, 4.69) is 9.50 Å². The second-order valence-corrected chi connectivity index (χ2v) is 3.52. The molecule has 1 N–H and O–H groups in total. The number of aromatic nitrogens is 2. The van der Waals surface area contributed by atoms with Crippen LogP contribution in [0.3, 0.4) is 0 Å². The van der Waals surface area contributed by atoms with Crippen LogP contribution in [0.2, 0.25) is 0 Å². The Morgan fingerprint density at radius 3 is 3.25 bits per heavy atom. The lowest BCUT2D eigenvalue weighted by atomic mass is 10.5. The van der Waals surface area contributed by atoms with E-state index in [-0.39, 0.29) is 0 Å². The highest BCUT2D eigenvalue weighted by Crippen LogP contribution is 1.88. The predicted molar refractivity (Wildman–Crippen MR) is 46.7 cm³/mol. The average molecular weight is 207 g/mol. The summed E-state index contributed by atoms with van der Waals surface area (Å²) in [7, 11) is 0. The molecule has 1 unspecified atom stereocenters. The zero-order valence-corrected chi connectivity index (χ0v) is 8.14. The quantitative estimate of drug-likeness (QED) is 0.729. The lowest BCUT2D eigenvalue weighted by Crippen LogP contribution is -2.16. The molecule has 1 heterocycles. The second kappa shape index (κ2) is 4.48. The summed E-state index contributed by atoms with van der Waals surface area (Å²) >= 11 is -0.884. The molecule has 0 aliphatic rings. The summed E-state index contributed by atoms with van der Waals surface area (Å²) in [4.78, 5) is 0.484. The number of rotatable bonds is 3. The van der Waals surface area contributed by atoms with Gasteiger partial charge < -0.3 is 0 Å². The third-order valence-corrected chi connectivity index (χ3v) is 2.31. The molecule has 68 valence electrons. The first-order valence-corrected chi connectivity index (χ1v) is 5.34. The Hall–Kier alpha value is -0.530. The predicted octanol–water partition coefficient (Wildman–Crippen LogP) is 0.392. The van der Waals surface area contributed by atoms with Gasteiger partial charge in [0, 0.05) is 6.54 Å². The maximum atomic E-state index is 10.3. The maximum Gasteiger partial charge on any atom is 0.284 e. The minimum absolute atomic E-state index is 0.484. The Kier molecular flexibility index (Phi) is 3.57. The molecule has 0 bridgehead atoms. The highest BCUT2D eigenvalue weighted by molar-refractivity contribution is 7.77. The van der Waals surface area contributed by atoms with Gasteiger partial charge in [-0.15, -0.1) is 4.40 Å². The van der Waals surface area contributed by atoms with Crippen LogP contribution >= 0.6 is 11.3 Å². The first-order chi connectivity index (χ1) is 5.74. The van der Waals surface area contributed by atoms with Crippen LogP contribution in [0.15, 0.2) is 9.91 Å². The van der Waals surface area contributed by atoms with Gasteiger partial charge in [0.2, 0.25) is 4.80 Å². The molecule has 0 saturated carbocycles. The third kappa shape index (κ3) is 2.50. The van der Waals surface area contributed by atoms with Gasteiger partial charge in [-0.3, -0.25) is 4.55 Å². The van der Waals surface area contributed by atoms with E-state index in [9.17, 15) is 4.21 Å². The Morgan fingerprint density at radius 1 is 1.92 bits per heavy atom. The van der Waals surface area contributed by atoms with Gasteiger partial charge in [0.15, 0.2) is 0 Å². The molecule has 1 rings (SSSR count). The highest BCUT2D eigenvalue weighted by Gasteiger charge is 1.95. The second-order valence-electron chi connectivity index (χ2n) is 2.07. The van der Waals surface area contributed by atoms with Crippen LogP contribution in [0.1, 0.15) is 13.3 Å². The summed E-state index contributed by atoms with van der Waals surface area (Å²) in [6, 6.07) is 0. The molecule has 0 amide bonds. The van der Waals surface area contributed by atoms with Crippen LogP contribution in [-0.2, 0) is 17.8 Å². The van der Waals surface area contributed by atoms with Gasteiger partial charge in [-0.25, -0.2) is 8.89 Å². The van der Waals surface area contributed by atoms with Gasteiger partial charge in [0.25, 0.3) is 11.3 Å². The molecule has 0 aliphatic heterocycles. The number of aryl methyl sites for hydroxylation is 1. The van der Waals surface area contributed by atoms with Gasteiger partial charge in [0.05, 0.1) is 0 Å². The molecular weight excluding hydrogens is 198 g/mol. The van der Waals surface area contributed by atoms with Gasteiger partial charge >= 0.3 is 0 Å². The fourth-order valence-electron chi connectivity index (χ4n) is 0.738. The van der Waals surface area contributed by atoms with Crippen molar-refractivity contribution in [1.82, 2.24) is 9.78 Å². The lowest BCUT2D eigenvalue weighted by Gasteiger charge is -1.94. The smallest absolute Gasteiger partial charge is 0.284 e. The van der Waals surface area contributed by atoms with E-state index in [1.54, 1.807) is 10.2 Å². The van der Waals surface area contributed by atoms with E-state index in [1.165, 1.54) is 11.3 Å². The summed E-state index contributed by atoms with van der Waals surface area (Å²) in [5.74, 6) is 0. The van der Waals surface area contributed by atoms with Crippen LogP contribution < -0.4 is 4.80 Å².